The molecule has 98 valence electrons. The second-order valence-corrected chi connectivity index (χ2v) is 5.89. The van der Waals surface area contributed by atoms with Gasteiger partial charge in [0.2, 0.25) is 0 Å². The number of rotatable bonds is 3. The van der Waals surface area contributed by atoms with E-state index in [4.69, 9.17) is 11.6 Å². The predicted molar refractivity (Wildman–Crippen MR) is 82.3 cm³/mol. The van der Waals surface area contributed by atoms with Crippen molar-refractivity contribution in [1.82, 2.24) is 10.3 Å². The van der Waals surface area contributed by atoms with Gasteiger partial charge in [0.15, 0.2) is 0 Å². The maximum absolute atomic E-state index is 12.0. The lowest BCUT2D eigenvalue weighted by molar-refractivity contribution is 0.0950. The number of hydrogen-bond acceptors (Lipinski definition) is 2. The molecular weight excluding hydrogens is 395 g/mol. The van der Waals surface area contributed by atoms with Crippen molar-refractivity contribution in [1.29, 1.82) is 0 Å². The molecule has 0 fully saturated rings. The van der Waals surface area contributed by atoms with Gasteiger partial charge in [-0.2, -0.15) is 0 Å². The summed E-state index contributed by atoms with van der Waals surface area (Å²) >= 11 is 12.6. The number of aromatic nitrogens is 1. The molecule has 0 saturated heterocycles. The first-order valence-corrected chi connectivity index (χ1v) is 7.37. The van der Waals surface area contributed by atoms with Crippen molar-refractivity contribution in [2.45, 2.75) is 6.54 Å². The first-order chi connectivity index (χ1) is 9.08. The summed E-state index contributed by atoms with van der Waals surface area (Å²) < 4.78 is 1.66. The zero-order valence-corrected chi connectivity index (χ0v) is 13.6. The lowest BCUT2D eigenvalue weighted by Gasteiger charge is -2.08. The number of nitrogens with one attached hydrogen (secondary N) is 1. The van der Waals surface area contributed by atoms with E-state index in [-0.39, 0.29) is 11.1 Å². The third-order valence-electron chi connectivity index (χ3n) is 2.45. The Balaban J connectivity index is 2.10. The number of carbonyl (C=O) groups is 1. The van der Waals surface area contributed by atoms with Gasteiger partial charge in [-0.3, -0.25) is 4.79 Å². The Labute approximate surface area is 132 Å². The molecule has 0 aliphatic carbocycles. The summed E-state index contributed by atoms with van der Waals surface area (Å²) in [5.74, 6) is -0.255. The fraction of sp³-hybridized carbons (Fsp3) is 0.0769. The first-order valence-electron chi connectivity index (χ1n) is 5.40. The highest BCUT2D eigenvalue weighted by Crippen LogP contribution is 2.19. The van der Waals surface area contributed by atoms with Crippen LogP contribution in [-0.2, 0) is 6.54 Å². The number of hydrogen-bond donors (Lipinski definition) is 1. The van der Waals surface area contributed by atoms with Crippen LogP contribution in [0.4, 0.5) is 0 Å². The smallest absolute Gasteiger partial charge is 0.254 e. The number of pyridine rings is 1. The summed E-state index contributed by atoms with van der Waals surface area (Å²) in [6, 6.07) is 9.34. The second kappa shape index (κ2) is 6.50. The normalized spacial score (nSPS) is 10.3. The highest BCUT2D eigenvalue weighted by atomic mass is 79.9. The molecular formula is C13H9Br2ClN2O. The Hall–Kier alpha value is -0.910. The van der Waals surface area contributed by atoms with E-state index in [1.165, 1.54) is 0 Å². The van der Waals surface area contributed by atoms with Crippen LogP contribution in [0.3, 0.4) is 0 Å². The van der Waals surface area contributed by atoms with Crippen LogP contribution in [0.1, 0.15) is 15.9 Å². The van der Waals surface area contributed by atoms with Crippen molar-refractivity contribution in [3.63, 3.8) is 0 Å². The summed E-state index contributed by atoms with van der Waals surface area (Å²) in [6.45, 7) is 0.420. The standard InChI is InChI=1S/C13H9Br2ClN2O/c14-9-5-10(12(16)17-7-9)13(19)18-6-8-3-1-2-4-11(8)15/h1-5,7H,6H2,(H,18,19). The molecule has 3 nitrogen and oxygen atoms in total. The van der Waals surface area contributed by atoms with Gasteiger partial charge in [0, 0.05) is 21.7 Å². The SMILES string of the molecule is O=C(NCc1ccccc1Br)c1cc(Br)cnc1Cl. The molecule has 1 aromatic heterocycles. The maximum Gasteiger partial charge on any atom is 0.254 e. The number of halogens is 3. The number of benzene rings is 1. The second-order valence-electron chi connectivity index (χ2n) is 3.77. The molecule has 1 amide bonds. The van der Waals surface area contributed by atoms with Crippen molar-refractivity contribution < 1.29 is 4.79 Å². The molecule has 0 aliphatic rings. The molecule has 6 heteroatoms. The van der Waals surface area contributed by atoms with E-state index in [1.54, 1.807) is 12.3 Å². The zero-order valence-electron chi connectivity index (χ0n) is 9.66. The van der Waals surface area contributed by atoms with E-state index in [0.717, 1.165) is 10.0 Å². The van der Waals surface area contributed by atoms with Gasteiger partial charge in [0.25, 0.3) is 5.91 Å². The van der Waals surface area contributed by atoms with E-state index >= 15 is 0 Å². The summed E-state index contributed by atoms with van der Waals surface area (Å²) in [7, 11) is 0. The Bertz CT molecular complexity index is 619. The van der Waals surface area contributed by atoms with E-state index in [2.05, 4.69) is 42.2 Å². The van der Waals surface area contributed by atoms with Gasteiger partial charge in [-0.1, -0.05) is 45.7 Å². The largest absolute Gasteiger partial charge is 0.348 e. The van der Waals surface area contributed by atoms with Crippen molar-refractivity contribution in [3.8, 4) is 0 Å². The molecule has 19 heavy (non-hydrogen) atoms. The number of nitrogens with zero attached hydrogens (tertiary/aromatic N) is 1. The molecule has 0 bridgehead atoms. The van der Waals surface area contributed by atoms with Crippen LogP contribution in [0.2, 0.25) is 5.15 Å². The minimum atomic E-state index is -0.255. The van der Waals surface area contributed by atoms with Crippen LogP contribution < -0.4 is 5.32 Å². The quantitative estimate of drug-likeness (QED) is 0.780. The molecule has 1 aromatic carbocycles. The van der Waals surface area contributed by atoms with Crippen molar-refractivity contribution in [2.24, 2.45) is 0 Å². The van der Waals surface area contributed by atoms with E-state index in [9.17, 15) is 4.79 Å². The van der Waals surface area contributed by atoms with Gasteiger partial charge in [-0.05, 0) is 33.6 Å². The van der Waals surface area contributed by atoms with Gasteiger partial charge in [-0.15, -0.1) is 0 Å². The third kappa shape index (κ3) is 3.78. The summed E-state index contributed by atoms with van der Waals surface area (Å²) in [6.07, 6.45) is 1.55. The zero-order chi connectivity index (χ0) is 13.8. The first kappa shape index (κ1) is 14.5. The Morgan fingerprint density at radius 3 is 2.79 bits per heavy atom. The van der Waals surface area contributed by atoms with Crippen LogP contribution in [-0.4, -0.2) is 10.9 Å². The molecule has 1 N–H and O–H groups in total. The van der Waals surface area contributed by atoms with E-state index < -0.39 is 0 Å². The van der Waals surface area contributed by atoms with Gasteiger partial charge in [0.1, 0.15) is 5.15 Å². The van der Waals surface area contributed by atoms with Crippen molar-refractivity contribution in [3.05, 3.63) is 61.8 Å². The Morgan fingerprint density at radius 1 is 1.32 bits per heavy atom. The summed E-state index contributed by atoms with van der Waals surface area (Å²) in [5, 5.41) is 3.00. The fourth-order valence-electron chi connectivity index (χ4n) is 1.49. The summed E-state index contributed by atoms with van der Waals surface area (Å²) in [5.41, 5.74) is 1.35. The maximum atomic E-state index is 12.0. The average Bonchev–Trinajstić information content (AvgIpc) is 2.40. The van der Waals surface area contributed by atoms with Crippen LogP contribution in [0, 0.1) is 0 Å². The van der Waals surface area contributed by atoms with Gasteiger partial charge < -0.3 is 5.32 Å². The lowest BCUT2D eigenvalue weighted by atomic mass is 10.2. The highest BCUT2D eigenvalue weighted by molar-refractivity contribution is 9.10. The fourth-order valence-corrected chi connectivity index (χ4v) is 2.44. The minimum Gasteiger partial charge on any atom is -0.348 e. The van der Waals surface area contributed by atoms with Crippen LogP contribution in [0.25, 0.3) is 0 Å². The van der Waals surface area contributed by atoms with Crippen molar-refractivity contribution in [2.75, 3.05) is 0 Å². The molecule has 0 unspecified atom stereocenters. The predicted octanol–water partition coefficient (Wildman–Crippen LogP) is 4.19. The van der Waals surface area contributed by atoms with Gasteiger partial charge in [0.05, 0.1) is 5.56 Å². The average molecular weight is 404 g/mol. The number of amides is 1. The molecule has 0 saturated carbocycles. The monoisotopic (exact) mass is 402 g/mol. The van der Waals surface area contributed by atoms with Crippen molar-refractivity contribution >= 4 is 49.4 Å². The lowest BCUT2D eigenvalue weighted by Crippen LogP contribution is -2.23. The molecule has 0 radical (unpaired) electrons. The molecule has 1 heterocycles. The third-order valence-corrected chi connectivity index (χ3v) is 3.96. The molecule has 0 spiro atoms. The summed E-state index contributed by atoms with van der Waals surface area (Å²) in [4.78, 5) is 16.0. The minimum absolute atomic E-state index is 0.188. The van der Waals surface area contributed by atoms with Gasteiger partial charge >= 0.3 is 0 Å². The highest BCUT2D eigenvalue weighted by Gasteiger charge is 2.12. The number of carbonyl (C=O) groups excluding carboxylic acids is 1. The molecule has 2 aromatic rings. The van der Waals surface area contributed by atoms with E-state index in [1.807, 2.05) is 24.3 Å². The molecule has 2 rings (SSSR count). The van der Waals surface area contributed by atoms with Crippen LogP contribution in [0.5, 0.6) is 0 Å². The van der Waals surface area contributed by atoms with E-state index in [0.29, 0.717) is 16.6 Å². The Kier molecular flexibility index (Phi) is 4.96. The topological polar surface area (TPSA) is 42.0 Å². The molecule has 0 aliphatic heterocycles. The Morgan fingerprint density at radius 2 is 2.05 bits per heavy atom. The molecule has 0 atom stereocenters. The van der Waals surface area contributed by atoms with Gasteiger partial charge in [-0.25, -0.2) is 4.98 Å². The van der Waals surface area contributed by atoms with Crippen LogP contribution in [0.15, 0.2) is 45.5 Å². The van der Waals surface area contributed by atoms with Crippen LogP contribution >= 0.6 is 43.5 Å².